The van der Waals surface area contributed by atoms with Gasteiger partial charge in [-0.15, -0.1) is 11.3 Å². The highest BCUT2D eigenvalue weighted by Crippen LogP contribution is 2.35. The zero-order valence-electron chi connectivity index (χ0n) is 16.0. The van der Waals surface area contributed by atoms with Crippen LogP contribution in [0.3, 0.4) is 0 Å². The summed E-state index contributed by atoms with van der Waals surface area (Å²) in [6.07, 6.45) is 4.12. The van der Waals surface area contributed by atoms with E-state index in [0.717, 1.165) is 42.8 Å². The Bertz CT molecular complexity index is 758. The van der Waals surface area contributed by atoms with Crippen molar-refractivity contribution >= 4 is 33.4 Å². The van der Waals surface area contributed by atoms with Gasteiger partial charge in [-0.05, 0) is 44.9 Å². The molecular formula is C20H28N4O2S. The molecule has 2 atom stereocenters. The lowest BCUT2D eigenvalue weighted by atomic mass is 10.0. The summed E-state index contributed by atoms with van der Waals surface area (Å²) in [5.74, 6) is -0.242. The molecule has 1 aliphatic heterocycles. The van der Waals surface area contributed by atoms with E-state index in [1.807, 2.05) is 25.1 Å². The first-order valence-electron chi connectivity index (χ1n) is 9.75. The summed E-state index contributed by atoms with van der Waals surface area (Å²) in [6.45, 7) is 5.54. The predicted molar refractivity (Wildman–Crippen MR) is 109 cm³/mol. The number of fused-ring (bicyclic) bond motifs is 1. The van der Waals surface area contributed by atoms with E-state index in [-0.39, 0.29) is 17.9 Å². The number of carbonyl (C=O) groups excluding carboxylic acids is 2. The molecule has 0 unspecified atom stereocenters. The van der Waals surface area contributed by atoms with Crippen molar-refractivity contribution in [2.24, 2.45) is 0 Å². The number of rotatable bonds is 7. The van der Waals surface area contributed by atoms with Gasteiger partial charge in [0.15, 0.2) is 0 Å². The van der Waals surface area contributed by atoms with Crippen LogP contribution in [0.4, 0.5) is 0 Å². The third-order valence-corrected chi connectivity index (χ3v) is 6.01. The fourth-order valence-electron chi connectivity index (χ4n) is 3.43. The molecule has 0 radical (unpaired) electrons. The standard InChI is InChI=1S/C20H28N4O2S/c1-3-11-21-19(26)14(2)22-18(25)13-24-12-7-6-9-16(24)20-23-15-8-4-5-10-17(15)27-20/h4-5,8,10,14,16H,3,6-7,9,11-13H2,1-2H3,(H,21,26)(H,22,25)/t14-,16+/m0/s1. The molecule has 1 fully saturated rings. The van der Waals surface area contributed by atoms with Crippen LogP contribution in [0.25, 0.3) is 10.2 Å². The minimum Gasteiger partial charge on any atom is -0.354 e. The molecule has 0 saturated carbocycles. The van der Waals surface area contributed by atoms with Gasteiger partial charge >= 0.3 is 0 Å². The molecule has 2 N–H and O–H groups in total. The number of benzene rings is 1. The molecule has 1 aliphatic rings. The van der Waals surface area contributed by atoms with Crippen LogP contribution in [-0.4, -0.2) is 47.4 Å². The molecule has 27 heavy (non-hydrogen) atoms. The number of hydrogen-bond donors (Lipinski definition) is 2. The Hall–Kier alpha value is -1.99. The first-order chi connectivity index (χ1) is 13.1. The lowest BCUT2D eigenvalue weighted by Crippen LogP contribution is -2.49. The second kappa shape index (κ2) is 9.28. The third-order valence-electron chi connectivity index (χ3n) is 4.88. The van der Waals surface area contributed by atoms with Gasteiger partial charge in [-0.25, -0.2) is 4.98 Å². The number of carbonyl (C=O) groups is 2. The molecule has 2 heterocycles. The average Bonchev–Trinajstić information content (AvgIpc) is 3.10. The summed E-state index contributed by atoms with van der Waals surface area (Å²) >= 11 is 1.71. The topological polar surface area (TPSA) is 74.3 Å². The number of nitrogens with zero attached hydrogens (tertiary/aromatic N) is 2. The molecule has 6 nitrogen and oxygen atoms in total. The fourth-order valence-corrected chi connectivity index (χ4v) is 4.57. The lowest BCUT2D eigenvalue weighted by molar-refractivity contribution is -0.129. The van der Waals surface area contributed by atoms with Crippen LogP contribution >= 0.6 is 11.3 Å². The van der Waals surface area contributed by atoms with Gasteiger partial charge in [0.05, 0.1) is 22.8 Å². The van der Waals surface area contributed by atoms with Crippen LogP contribution in [0, 0.1) is 0 Å². The summed E-state index contributed by atoms with van der Waals surface area (Å²) in [7, 11) is 0. The summed E-state index contributed by atoms with van der Waals surface area (Å²) in [4.78, 5) is 31.5. The van der Waals surface area contributed by atoms with E-state index in [2.05, 4.69) is 21.6 Å². The number of likely N-dealkylation sites (tertiary alicyclic amines) is 1. The lowest BCUT2D eigenvalue weighted by Gasteiger charge is -2.34. The number of nitrogens with one attached hydrogen (secondary N) is 2. The molecular weight excluding hydrogens is 360 g/mol. The highest BCUT2D eigenvalue weighted by atomic mass is 32.1. The number of hydrogen-bond acceptors (Lipinski definition) is 5. The van der Waals surface area contributed by atoms with Gasteiger partial charge in [-0.1, -0.05) is 25.5 Å². The number of thiazole rings is 1. The van der Waals surface area contributed by atoms with E-state index in [1.165, 1.54) is 4.70 Å². The number of piperidine rings is 1. The van der Waals surface area contributed by atoms with Crippen LogP contribution in [0.2, 0.25) is 0 Å². The minimum absolute atomic E-state index is 0.109. The molecule has 1 aromatic carbocycles. The van der Waals surface area contributed by atoms with Gasteiger partial charge in [0, 0.05) is 6.54 Å². The van der Waals surface area contributed by atoms with Gasteiger partial charge in [0.1, 0.15) is 11.0 Å². The number of amides is 2. The molecule has 1 saturated heterocycles. The Balaban J connectivity index is 1.63. The molecule has 2 amide bonds. The highest BCUT2D eigenvalue weighted by Gasteiger charge is 2.28. The van der Waals surface area contributed by atoms with E-state index in [0.29, 0.717) is 13.1 Å². The van der Waals surface area contributed by atoms with Gasteiger partial charge in [-0.3, -0.25) is 14.5 Å². The van der Waals surface area contributed by atoms with Crippen molar-refractivity contribution in [2.45, 2.75) is 51.6 Å². The van der Waals surface area contributed by atoms with Crippen molar-refractivity contribution in [2.75, 3.05) is 19.6 Å². The molecule has 0 spiro atoms. The normalized spacial score (nSPS) is 19.0. The molecule has 2 aromatic rings. The number of para-hydroxylation sites is 1. The third kappa shape index (κ3) is 5.05. The Morgan fingerprint density at radius 2 is 2.15 bits per heavy atom. The molecule has 0 aliphatic carbocycles. The van der Waals surface area contributed by atoms with Crippen molar-refractivity contribution in [3.8, 4) is 0 Å². The monoisotopic (exact) mass is 388 g/mol. The minimum atomic E-state index is -0.519. The van der Waals surface area contributed by atoms with Crippen LogP contribution in [0.15, 0.2) is 24.3 Å². The van der Waals surface area contributed by atoms with Crippen molar-refractivity contribution < 1.29 is 9.59 Å². The first kappa shape index (κ1) is 19.8. The summed E-state index contributed by atoms with van der Waals surface area (Å²) in [6, 6.07) is 7.81. The van der Waals surface area contributed by atoms with Crippen LogP contribution in [0.5, 0.6) is 0 Å². The smallest absolute Gasteiger partial charge is 0.242 e. The van der Waals surface area contributed by atoms with Gasteiger partial charge in [0.25, 0.3) is 0 Å². The molecule has 3 rings (SSSR count). The predicted octanol–water partition coefficient (Wildman–Crippen LogP) is 2.85. The highest BCUT2D eigenvalue weighted by molar-refractivity contribution is 7.18. The Morgan fingerprint density at radius 1 is 1.33 bits per heavy atom. The second-order valence-electron chi connectivity index (χ2n) is 7.08. The summed E-state index contributed by atoms with van der Waals surface area (Å²) in [5.41, 5.74) is 1.02. The van der Waals surface area contributed by atoms with Crippen molar-refractivity contribution in [1.82, 2.24) is 20.5 Å². The molecule has 0 bridgehead atoms. The van der Waals surface area contributed by atoms with E-state index >= 15 is 0 Å². The van der Waals surface area contributed by atoms with E-state index in [1.54, 1.807) is 18.3 Å². The van der Waals surface area contributed by atoms with Gasteiger partial charge in [-0.2, -0.15) is 0 Å². The van der Waals surface area contributed by atoms with Crippen LogP contribution < -0.4 is 10.6 Å². The van der Waals surface area contributed by atoms with Gasteiger partial charge < -0.3 is 10.6 Å². The Morgan fingerprint density at radius 3 is 2.93 bits per heavy atom. The first-order valence-corrected chi connectivity index (χ1v) is 10.6. The van der Waals surface area contributed by atoms with Gasteiger partial charge in [0.2, 0.25) is 11.8 Å². The Labute approximate surface area is 164 Å². The van der Waals surface area contributed by atoms with Crippen molar-refractivity contribution in [1.29, 1.82) is 0 Å². The maximum absolute atomic E-state index is 12.5. The fraction of sp³-hybridized carbons (Fsp3) is 0.550. The maximum atomic E-state index is 12.5. The summed E-state index contributed by atoms with van der Waals surface area (Å²) in [5, 5.41) is 6.72. The number of aromatic nitrogens is 1. The molecule has 7 heteroatoms. The van der Waals surface area contributed by atoms with Crippen LogP contribution in [0.1, 0.15) is 50.6 Å². The second-order valence-corrected chi connectivity index (χ2v) is 8.14. The van der Waals surface area contributed by atoms with Crippen LogP contribution in [-0.2, 0) is 9.59 Å². The van der Waals surface area contributed by atoms with E-state index < -0.39 is 6.04 Å². The zero-order chi connectivity index (χ0) is 19.2. The SMILES string of the molecule is CCCNC(=O)[C@H](C)NC(=O)CN1CCCC[C@@H]1c1nc2ccccc2s1. The maximum Gasteiger partial charge on any atom is 0.242 e. The average molecular weight is 389 g/mol. The quantitative estimate of drug-likeness (QED) is 0.765. The largest absolute Gasteiger partial charge is 0.354 e. The van der Waals surface area contributed by atoms with Crippen molar-refractivity contribution in [3.05, 3.63) is 29.3 Å². The van der Waals surface area contributed by atoms with E-state index in [9.17, 15) is 9.59 Å². The van der Waals surface area contributed by atoms with E-state index in [4.69, 9.17) is 4.98 Å². The summed E-state index contributed by atoms with van der Waals surface area (Å²) < 4.78 is 1.18. The molecule has 146 valence electrons. The van der Waals surface area contributed by atoms with Crippen molar-refractivity contribution in [3.63, 3.8) is 0 Å². The zero-order valence-corrected chi connectivity index (χ0v) is 16.8. The molecule has 1 aromatic heterocycles. The Kier molecular flexibility index (Phi) is 6.79.